The second-order valence-corrected chi connectivity index (χ2v) is 10.5. The highest BCUT2D eigenvalue weighted by Gasteiger charge is 2.45. The number of anilines is 1. The molecule has 0 bridgehead atoms. The molecule has 0 spiro atoms. The number of halogens is 3. The summed E-state index contributed by atoms with van der Waals surface area (Å²) in [6, 6.07) is 9.05. The monoisotopic (exact) mass is 584 g/mol. The lowest BCUT2D eigenvalue weighted by atomic mass is 9.91. The van der Waals surface area contributed by atoms with Crippen molar-refractivity contribution in [3.05, 3.63) is 88.0 Å². The topological polar surface area (TPSA) is 66.8 Å². The lowest BCUT2D eigenvalue weighted by Crippen LogP contribution is -2.50. The molecule has 11 heteroatoms. The van der Waals surface area contributed by atoms with E-state index < -0.39 is 17.9 Å². The maximum Gasteiger partial charge on any atom is 0.261 e. The third kappa shape index (κ3) is 5.05. The van der Waals surface area contributed by atoms with Gasteiger partial charge < -0.3 is 28.9 Å². The molecular weight excluding hydrogens is 558 g/mol. The standard InChI is InChI=1S/C29H27Cl2FN4O4/c1-38-20-3-4-21(23(32)16-20)28-29-24(33-26-14-18(30)6-8-35(26)29)7-9-36(28)27(37)17-40-25-5-2-19(15-22(25)31)34-10-12-39-13-11-34/h2-8,14-16,28-29H,9-13,17H2,1H3/t28-,29?/m1/s1. The van der Waals surface area contributed by atoms with Crippen molar-refractivity contribution in [1.29, 1.82) is 0 Å². The van der Waals surface area contributed by atoms with Crippen molar-refractivity contribution in [2.45, 2.75) is 12.1 Å². The molecule has 0 radical (unpaired) electrons. The SMILES string of the molecule is COc1ccc([C@@H]2C3C(=CCN2C(=O)COc2ccc(N4CCOCC4)cc2Cl)N=C2C=C(Cl)C=CN23)c(F)c1. The Morgan fingerprint density at radius 3 is 2.73 bits per heavy atom. The molecule has 0 aromatic heterocycles. The molecule has 2 aromatic carbocycles. The second kappa shape index (κ2) is 11.2. The molecule has 1 unspecified atom stereocenters. The number of amides is 1. The molecule has 0 saturated carbocycles. The fourth-order valence-electron chi connectivity index (χ4n) is 5.41. The number of amidine groups is 1. The molecule has 4 aliphatic heterocycles. The number of allylic oxidation sites excluding steroid dienone is 2. The molecule has 1 amide bonds. The lowest BCUT2D eigenvalue weighted by Gasteiger charge is -2.42. The Balaban J connectivity index is 1.25. The van der Waals surface area contributed by atoms with Crippen LogP contribution < -0.4 is 14.4 Å². The van der Waals surface area contributed by atoms with Crippen LogP contribution in [-0.2, 0) is 9.53 Å². The predicted octanol–water partition coefficient (Wildman–Crippen LogP) is 4.90. The van der Waals surface area contributed by atoms with E-state index in [2.05, 4.69) is 4.90 Å². The number of rotatable bonds is 6. The van der Waals surface area contributed by atoms with E-state index in [0.29, 0.717) is 46.2 Å². The van der Waals surface area contributed by atoms with Gasteiger partial charge in [-0.3, -0.25) is 4.79 Å². The van der Waals surface area contributed by atoms with Crippen LogP contribution in [0.1, 0.15) is 11.6 Å². The van der Waals surface area contributed by atoms with Gasteiger partial charge in [0.05, 0.1) is 37.1 Å². The van der Waals surface area contributed by atoms with Crippen LogP contribution in [-0.4, -0.2) is 74.1 Å². The van der Waals surface area contributed by atoms with Gasteiger partial charge in [-0.1, -0.05) is 29.3 Å². The first-order valence-corrected chi connectivity index (χ1v) is 13.7. The van der Waals surface area contributed by atoms with E-state index in [1.807, 2.05) is 23.1 Å². The first kappa shape index (κ1) is 26.7. The normalized spacial score (nSPS) is 21.8. The summed E-state index contributed by atoms with van der Waals surface area (Å²) in [6.07, 6.45) is 7.18. The highest BCUT2D eigenvalue weighted by Crippen LogP contribution is 2.42. The summed E-state index contributed by atoms with van der Waals surface area (Å²) in [5.41, 5.74) is 2.06. The van der Waals surface area contributed by atoms with E-state index in [9.17, 15) is 4.79 Å². The molecule has 1 fully saturated rings. The molecule has 0 N–H and O–H groups in total. The number of carbonyl (C=O) groups is 1. The number of aliphatic imine (C=N–C) groups is 1. The van der Waals surface area contributed by atoms with Crippen LogP contribution in [0.2, 0.25) is 5.02 Å². The number of methoxy groups -OCH3 is 1. The van der Waals surface area contributed by atoms with E-state index in [-0.39, 0.29) is 19.1 Å². The summed E-state index contributed by atoms with van der Waals surface area (Å²) in [7, 11) is 1.48. The molecule has 1 saturated heterocycles. The van der Waals surface area contributed by atoms with Crippen molar-refractivity contribution in [2.24, 2.45) is 4.99 Å². The minimum absolute atomic E-state index is 0.236. The number of nitrogens with zero attached hydrogens (tertiary/aromatic N) is 4. The van der Waals surface area contributed by atoms with E-state index >= 15 is 4.39 Å². The molecule has 2 aromatic rings. The Kier molecular flexibility index (Phi) is 7.44. The van der Waals surface area contributed by atoms with Crippen LogP contribution in [0.4, 0.5) is 10.1 Å². The zero-order valence-electron chi connectivity index (χ0n) is 21.7. The van der Waals surface area contributed by atoms with Crippen molar-refractivity contribution >= 4 is 40.6 Å². The molecule has 0 aliphatic carbocycles. The maximum absolute atomic E-state index is 15.5. The summed E-state index contributed by atoms with van der Waals surface area (Å²) < 4.78 is 32.0. The van der Waals surface area contributed by atoms with Crippen molar-refractivity contribution in [3.8, 4) is 11.5 Å². The van der Waals surface area contributed by atoms with Crippen LogP contribution >= 0.6 is 23.2 Å². The Bertz CT molecular complexity index is 1450. The third-order valence-electron chi connectivity index (χ3n) is 7.39. The molecule has 8 nitrogen and oxygen atoms in total. The summed E-state index contributed by atoms with van der Waals surface area (Å²) in [5, 5.41) is 0.950. The van der Waals surface area contributed by atoms with Crippen LogP contribution in [0.25, 0.3) is 0 Å². The average molecular weight is 585 g/mol. The molecule has 2 atom stereocenters. The smallest absolute Gasteiger partial charge is 0.261 e. The van der Waals surface area contributed by atoms with Crippen LogP contribution in [0, 0.1) is 5.82 Å². The Labute approximate surface area is 241 Å². The zero-order valence-corrected chi connectivity index (χ0v) is 23.2. The molecule has 4 aliphatic rings. The number of hydrogen-bond donors (Lipinski definition) is 0. The number of morpholine rings is 1. The van der Waals surface area contributed by atoms with Crippen molar-refractivity contribution in [1.82, 2.24) is 9.80 Å². The van der Waals surface area contributed by atoms with Gasteiger partial charge in [-0.25, -0.2) is 9.38 Å². The number of benzene rings is 2. The molecular formula is C29H27Cl2FN4O4. The van der Waals surface area contributed by atoms with Gasteiger partial charge in [0, 0.05) is 48.2 Å². The number of ether oxygens (including phenoxy) is 3. The van der Waals surface area contributed by atoms with Gasteiger partial charge in [0.25, 0.3) is 5.91 Å². The van der Waals surface area contributed by atoms with Crippen molar-refractivity contribution in [2.75, 3.05) is 51.5 Å². The fraction of sp³-hybridized carbons (Fsp3) is 0.310. The Morgan fingerprint density at radius 2 is 1.98 bits per heavy atom. The highest BCUT2D eigenvalue weighted by molar-refractivity contribution is 6.33. The van der Waals surface area contributed by atoms with Gasteiger partial charge in [0.1, 0.15) is 29.2 Å². The fourth-order valence-corrected chi connectivity index (χ4v) is 5.80. The quantitative estimate of drug-likeness (QED) is 0.481. The minimum atomic E-state index is -0.683. The van der Waals surface area contributed by atoms with E-state index in [1.165, 1.54) is 13.2 Å². The Morgan fingerprint density at radius 1 is 1.15 bits per heavy atom. The molecule has 208 valence electrons. The van der Waals surface area contributed by atoms with E-state index in [4.69, 9.17) is 42.4 Å². The second-order valence-electron chi connectivity index (χ2n) is 9.68. The van der Waals surface area contributed by atoms with Gasteiger partial charge in [0.15, 0.2) is 6.61 Å². The molecule has 4 heterocycles. The van der Waals surface area contributed by atoms with Crippen LogP contribution in [0.15, 0.2) is 76.5 Å². The van der Waals surface area contributed by atoms with E-state index in [1.54, 1.807) is 41.5 Å². The van der Waals surface area contributed by atoms with Gasteiger partial charge in [0.2, 0.25) is 0 Å². The highest BCUT2D eigenvalue weighted by atomic mass is 35.5. The average Bonchev–Trinajstić information content (AvgIpc) is 3.34. The first-order chi connectivity index (χ1) is 19.4. The van der Waals surface area contributed by atoms with Gasteiger partial charge in [-0.2, -0.15) is 0 Å². The van der Waals surface area contributed by atoms with E-state index in [0.717, 1.165) is 24.5 Å². The van der Waals surface area contributed by atoms with Gasteiger partial charge in [-0.05, 0) is 42.5 Å². The summed E-state index contributed by atoms with van der Waals surface area (Å²) >= 11 is 12.7. The van der Waals surface area contributed by atoms with Gasteiger partial charge in [-0.15, -0.1) is 0 Å². The van der Waals surface area contributed by atoms with Crippen LogP contribution in [0.5, 0.6) is 11.5 Å². The zero-order chi connectivity index (χ0) is 27.8. The largest absolute Gasteiger partial charge is 0.497 e. The number of carbonyl (C=O) groups excluding carboxylic acids is 1. The predicted molar refractivity (Wildman–Crippen MR) is 152 cm³/mol. The van der Waals surface area contributed by atoms with Gasteiger partial charge >= 0.3 is 0 Å². The van der Waals surface area contributed by atoms with Crippen molar-refractivity contribution < 1.29 is 23.4 Å². The maximum atomic E-state index is 15.5. The summed E-state index contributed by atoms with van der Waals surface area (Å²) in [6.45, 7) is 2.86. The first-order valence-electron chi connectivity index (χ1n) is 12.9. The molecule has 40 heavy (non-hydrogen) atoms. The Hall–Kier alpha value is -3.53. The summed E-state index contributed by atoms with van der Waals surface area (Å²) in [4.78, 5) is 24.1. The number of hydrogen-bond acceptors (Lipinski definition) is 7. The minimum Gasteiger partial charge on any atom is -0.497 e. The van der Waals surface area contributed by atoms with Crippen LogP contribution in [0.3, 0.4) is 0 Å². The van der Waals surface area contributed by atoms with Crippen molar-refractivity contribution in [3.63, 3.8) is 0 Å². The third-order valence-corrected chi connectivity index (χ3v) is 7.92. The lowest BCUT2D eigenvalue weighted by molar-refractivity contribution is -0.136. The molecule has 6 rings (SSSR count). The summed E-state index contributed by atoms with van der Waals surface area (Å²) in [5.74, 6) is 0.638. The number of fused-ring (bicyclic) bond motifs is 3.